The number of fused-ring (bicyclic) bond motifs is 1. The summed E-state index contributed by atoms with van der Waals surface area (Å²) in [4.78, 5) is 22.8. The number of nitrogens with zero attached hydrogens (tertiary/aromatic N) is 1. The van der Waals surface area contributed by atoms with Crippen LogP contribution in [0.3, 0.4) is 0 Å². The zero-order chi connectivity index (χ0) is 17.4. The molecule has 0 radical (unpaired) electrons. The summed E-state index contributed by atoms with van der Waals surface area (Å²) in [7, 11) is 0. The first-order valence-corrected chi connectivity index (χ1v) is 9.96. The van der Waals surface area contributed by atoms with Crippen LogP contribution >= 0.6 is 22.9 Å². The second kappa shape index (κ2) is 6.90. The minimum absolute atomic E-state index is 0.0457. The highest BCUT2D eigenvalue weighted by molar-refractivity contribution is 7.17. The minimum atomic E-state index is -0.0457. The van der Waals surface area contributed by atoms with Crippen LogP contribution in [0, 0.1) is 5.92 Å². The van der Waals surface area contributed by atoms with Crippen molar-refractivity contribution in [3.63, 3.8) is 0 Å². The molecule has 4 nitrogen and oxygen atoms in total. The second-order valence-corrected chi connectivity index (χ2v) is 8.27. The lowest BCUT2D eigenvalue weighted by Crippen LogP contribution is -3.12. The normalized spacial score (nSPS) is 20.9. The number of rotatable bonds is 3. The molecule has 2 aromatic heterocycles. The number of hydrogen-bond acceptors (Lipinski definition) is 3. The molecule has 1 aliphatic rings. The largest absolute Gasteiger partial charge is 0.328 e. The van der Waals surface area contributed by atoms with E-state index < -0.39 is 0 Å². The minimum Gasteiger partial charge on any atom is -0.328 e. The van der Waals surface area contributed by atoms with Crippen LogP contribution in [0.4, 0.5) is 0 Å². The predicted octanol–water partition coefficient (Wildman–Crippen LogP) is 3.12. The van der Waals surface area contributed by atoms with Gasteiger partial charge >= 0.3 is 0 Å². The summed E-state index contributed by atoms with van der Waals surface area (Å²) < 4.78 is 0. The number of hydrogen-bond donors (Lipinski definition) is 2. The van der Waals surface area contributed by atoms with Crippen LogP contribution in [0.25, 0.3) is 21.3 Å². The molecule has 3 heterocycles. The Morgan fingerprint density at radius 1 is 1.36 bits per heavy atom. The molecule has 0 saturated carbocycles. The number of piperidine rings is 1. The summed E-state index contributed by atoms with van der Waals surface area (Å²) in [5.74, 6) is 1.54. The van der Waals surface area contributed by atoms with Crippen LogP contribution in [-0.4, -0.2) is 23.1 Å². The average Bonchev–Trinajstić information content (AvgIpc) is 3.00. The number of halogens is 1. The third kappa shape index (κ3) is 3.50. The van der Waals surface area contributed by atoms with Crippen LogP contribution in [0.1, 0.15) is 25.6 Å². The van der Waals surface area contributed by atoms with Crippen molar-refractivity contribution in [2.45, 2.75) is 26.3 Å². The monoisotopic (exact) mass is 374 g/mol. The van der Waals surface area contributed by atoms with E-state index in [-0.39, 0.29) is 5.56 Å². The molecule has 1 aliphatic heterocycles. The Balaban J connectivity index is 1.67. The summed E-state index contributed by atoms with van der Waals surface area (Å²) in [6.45, 7) is 5.41. The van der Waals surface area contributed by atoms with Gasteiger partial charge in [0.05, 0.1) is 18.5 Å². The van der Waals surface area contributed by atoms with Crippen molar-refractivity contribution >= 4 is 33.2 Å². The van der Waals surface area contributed by atoms with E-state index in [4.69, 9.17) is 16.6 Å². The number of H-pyrrole nitrogens is 1. The summed E-state index contributed by atoms with van der Waals surface area (Å²) in [5, 5.41) is 3.38. The maximum atomic E-state index is 12.7. The van der Waals surface area contributed by atoms with Crippen LogP contribution in [0.15, 0.2) is 34.4 Å². The van der Waals surface area contributed by atoms with E-state index >= 15 is 0 Å². The van der Waals surface area contributed by atoms with Gasteiger partial charge < -0.3 is 9.88 Å². The van der Waals surface area contributed by atoms with Crippen LogP contribution in [0.2, 0.25) is 5.02 Å². The molecule has 0 aliphatic carbocycles. The van der Waals surface area contributed by atoms with Crippen molar-refractivity contribution in [2.75, 3.05) is 13.1 Å². The third-order valence-electron chi connectivity index (χ3n) is 4.93. The molecule has 3 aromatic rings. The van der Waals surface area contributed by atoms with Crippen molar-refractivity contribution < 1.29 is 4.90 Å². The molecular formula is C19H21ClN3OS+. The third-order valence-corrected chi connectivity index (χ3v) is 6.05. The Morgan fingerprint density at radius 2 is 2.16 bits per heavy atom. The highest BCUT2D eigenvalue weighted by Crippen LogP contribution is 2.31. The van der Waals surface area contributed by atoms with Gasteiger partial charge in [-0.2, -0.15) is 0 Å². The van der Waals surface area contributed by atoms with Crippen molar-refractivity contribution in [3.05, 3.63) is 50.8 Å². The van der Waals surface area contributed by atoms with Gasteiger partial charge in [0.2, 0.25) is 0 Å². The Hall–Kier alpha value is -1.69. The van der Waals surface area contributed by atoms with Gasteiger partial charge in [-0.3, -0.25) is 4.79 Å². The fourth-order valence-electron chi connectivity index (χ4n) is 3.71. The molecule has 4 rings (SSSR count). The van der Waals surface area contributed by atoms with Gasteiger partial charge in [0, 0.05) is 21.9 Å². The zero-order valence-corrected chi connectivity index (χ0v) is 15.7. The molecule has 1 unspecified atom stereocenters. The molecule has 6 heteroatoms. The topological polar surface area (TPSA) is 50.2 Å². The molecule has 2 N–H and O–H groups in total. The van der Waals surface area contributed by atoms with Crippen LogP contribution in [-0.2, 0) is 6.54 Å². The molecule has 1 fully saturated rings. The van der Waals surface area contributed by atoms with Crippen molar-refractivity contribution in [1.82, 2.24) is 9.97 Å². The van der Waals surface area contributed by atoms with Crippen molar-refractivity contribution in [1.29, 1.82) is 0 Å². The molecule has 0 amide bonds. The van der Waals surface area contributed by atoms with E-state index in [1.54, 1.807) is 0 Å². The Morgan fingerprint density at radius 3 is 2.92 bits per heavy atom. The molecule has 25 heavy (non-hydrogen) atoms. The van der Waals surface area contributed by atoms with Gasteiger partial charge in [-0.25, -0.2) is 4.98 Å². The number of aromatic amines is 1. The molecule has 0 bridgehead atoms. The summed E-state index contributed by atoms with van der Waals surface area (Å²) in [6, 6.07) is 7.57. The summed E-state index contributed by atoms with van der Waals surface area (Å²) >= 11 is 7.50. The first-order chi connectivity index (χ1) is 12.1. The Labute approximate surface area is 155 Å². The smallest absolute Gasteiger partial charge is 0.260 e. The lowest BCUT2D eigenvalue weighted by Gasteiger charge is -2.27. The van der Waals surface area contributed by atoms with E-state index in [0.29, 0.717) is 10.4 Å². The zero-order valence-electron chi connectivity index (χ0n) is 14.1. The number of benzene rings is 1. The molecule has 0 spiro atoms. The molecule has 2 atom stereocenters. The number of aromatic nitrogens is 2. The average molecular weight is 375 g/mol. The van der Waals surface area contributed by atoms with E-state index in [9.17, 15) is 4.79 Å². The van der Waals surface area contributed by atoms with Crippen LogP contribution in [0.5, 0.6) is 0 Å². The fourth-order valence-corrected chi connectivity index (χ4v) is 4.81. The lowest BCUT2D eigenvalue weighted by molar-refractivity contribution is -0.922. The summed E-state index contributed by atoms with van der Waals surface area (Å²) in [6.07, 6.45) is 2.56. The molecular weight excluding hydrogens is 354 g/mol. The quantitative estimate of drug-likeness (QED) is 0.740. The highest BCUT2D eigenvalue weighted by atomic mass is 35.5. The van der Waals surface area contributed by atoms with E-state index in [0.717, 1.165) is 47.3 Å². The Bertz CT molecular complexity index is 947. The van der Waals surface area contributed by atoms with Gasteiger partial charge in [-0.15, -0.1) is 11.3 Å². The number of thiophene rings is 1. The second-order valence-electron chi connectivity index (χ2n) is 6.98. The SMILES string of the molecule is C[C@H]1CCC[NH+](Cc2nc3scc(-c4ccc(Cl)cc4)c3c(=O)[nH]2)C1. The summed E-state index contributed by atoms with van der Waals surface area (Å²) in [5.41, 5.74) is 1.87. The van der Waals surface area contributed by atoms with Crippen molar-refractivity contribution in [3.8, 4) is 11.1 Å². The molecule has 1 saturated heterocycles. The highest BCUT2D eigenvalue weighted by Gasteiger charge is 2.21. The van der Waals surface area contributed by atoms with Gasteiger partial charge in [0.1, 0.15) is 11.4 Å². The molecule has 130 valence electrons. The maximum absolute atomic E-state index is 12.7. The first kappa shape index (κ1) is 16.8. The number of quaternary nitrogens is 1. The van der Waals surface area contributed by atoms with Crippen LogP contribution < -0.4 is 10.5 Å². The van der Waals surface area contributed by atoms with Gasteiger partial charge in [0.25, 0.3) is 5.56 Å². The van der Waals surface area contributed by atoms with Gasteiger partial charge in [-0.05, 0) is 30.5 Å². The van der Waals surface area contributed by atoms with Gasteiger partial charge in [0.15, 0.2) is 5.82 Å². The number of likely N-dealkylation sites (tertiary alicyclic amines) is 1. The first-order valence-electron chi connectivity index (χ1n) is 8.70. The lowest BCUT2D eigenvalue weighted by atomic mass is 10.0. The van der Waals surface area contributed by atoms with Crippen molar-refractivity contribution in [2.24, 2.45) is 5.92 Å². The Kier molecular flexibility index (Phi) is 4.63. The predicted molar refractivity (Wildman–Crippen MR) is 103 cm³/mol. The maximum Gasteiger partial charge on any atom is 0.260 e. The van der Waals surface area contributed by atoms with E-state index in [2.05, 4.69) is 11.9 Å². The van der Waals surface area contributed by atoms with E-state index in [1.807, 2.05) is 29.6 Å². The van der Waals surface area contributed by atoms with Gasteiger partial charge in [-0.1, -0.05) is 30.7 Å². The molecule has 1 aromatic carbocycles. The fraction of sp³-hybridized carbons (Fsp3) is 0.368. The number of nitrogens with one attached hydrogen (secondary N) is 2. The van der Waals surface area contributed by atoms with E-state index in [1.165, 1.54) is 29.1 Å². The standard InChI is InChI=1S/C19H20ClN3OS/c1-12-3-2-8-23(9-12)10-16-21-18(24)17-15(11-25-19(17)22-16)13-4-6-14(20)7-5-13/h4-7,11-12H,2-3,8-10H2,1H3,(H,21,22,24)/p+1/t12-/m0/s1.